The molecule has 1 atom stereocenters. The molecular formula is C11H15NO2. The highest BCUT2D eigenvalue weighted by atomic mass is 16.3. The van der Waals surface area contributed by atoms with Gasteiger partial charge in [0.1, 0.15) is 0 Å². The fraction of sp³-hybridized carbons (Fsp3) is 0.364. The third kappa shape index (κ3) is 3.58. The molecule has 0 aromatic heterocycles. The average molecular weight is 193 g/mol. The predicted octanol–water partition coefficient (Wildman–Crippen LogP) is 1.79. The maximum Gasteiger partial charge on any atom is 0.226 e. The molecule has 1 rings (SSSR count). The van der Waals surface area contributed by atoms with Crippen molar-refractivity contribution in [2.75, 3.05) is 5.32 Å². The first-order valence-corrected chi connectivity index (χ1v) is 4.75. The summed E-state index contributed by atoms with van der Waals surface area (Å²) in [6.45, 7) is 1.85. The minimum absolute atomic E-state index is 0.148. The maximum absolute atomic E-state index is 11.3. The van der Waals surface area contributed by atoms with Crippen LogP contribution < -0.4 is 5.32 Å². The molecule has 0 saturated heterocycles. The van der Waals surface area contributed by atoms with Crippen LogP contribution in [0.5, 0.6) is 0 Å². The summed E-state index contributed by atoms with van der Waals surface area (Å²) in [6, 6.07) is 9.22. The molecule has 1 aromatic carbocycles. The van der Waals surface area contributed by atoms with Crippen molar-refractivity contribution in [2.24, 2.45) is 0 Å². The van der Waals surface area contributed by atoms with Gasteiger partial charge in [-0.15, -0.1) is 0 Å². The first-order chi connectivity index (χ1) is 6.72. The maximum atomic E-state index is 11.3. The highest BCUT2D eigenvalue weighted by Gasteiger charge is 2.08. The zero-order valence-electron chi connectivity index (χ0n) is 8.23. The lowest BCUT2D eigenvalue weighted by Crippen LogP contribution is -2.18. The number of carbonyl (C=O) groups is 1. The SMILES string of the molecule is CC[C@@H](O)CC(=O)Nc1ccccc1. The molecule has 0 radical (unpaired) electrons. The van der Waals surface area contributed by atoms with E-state index in [9.17, 15) is 9.90 Å². The molecule has 0 unspecified atom stereocenters. The molecule has 3 nitrogen and oxygen atoms in total. The van der Waals surface area contributed by atoms with Gasteiger partial charge < -0.3 is 10.4 Å². The molecular weight excluding hydrogens is 178 g/mol. The van der Waals surface area contributed by atoms with Crippen LogP contribution in [0, 0.1) is 0 Å². The molecule has 76 valence electrons. The van der Waals surface area contributed by atoms with Crippen molar-refractivity contribution in [1.29, 1.82) is 0 Å². The van der Waals surface area contributed by atoms with E-state index in [0.29, 0.717) is 6.42 Å². The molecule has 0 aliphatic carbocycles. The zero-order chi connectivity index (χ0) is 10.4. The van der Waals surface area contributed by atoms with E-state index in [4.69, 9.17) is 0 Å². The molecule has 0 aliphatic heterocycles. The third-order valence-corrected chi connectivity index (χ3v) is 1.95. The van der Waals surface area contributed by atoms with E-state index >= 15 is 0 Å². The minimum Gasteiger partial charge on any atom is -0.393 e. The van der Waals surface area contributed by atoms with Gasteiger partial charge in [0.15, 0.2) is 0 Å². The van der Waals surface area contributed by atoms with Gasteiger partial charge in [-0.2, -0.15) is 0 Å². The topological polar surface area (TPSA) is 49.3 Å². The van der Waals surface area contributed by atoms with Crippen LogP contribution in [0.3, 0.4) is 0 Å². The number of benzene rings is 1. The second-order valence-electron chi connectivity index (χ2n) is 3.18. The molecule has 2 N–H and O–H groups in total. The Morgan fingerprint density at radius 3 is 2.64 bits per heavy atom. The van der Waals surface area contributed by atoms with Crippen molar-refractivity contribution in [1.82, 2.24) is 0 Å². The summed E-state index contributed by atoms with van der Waals surface area (Å²) >= 11 is 0. The van der Waals surface area contributed by atoms with Crippen LogP contribution in [0.4, 0.5) is 5.69 Å². The fourth-order valence-corrected chi connectivity index (χ4v) is 1.09. The van der Waals surface area contributed by atoms with Crippen molar-refractivity contribution >= 4 is 11.6 Å². The highest BCUT2D eigenvalue weighted by Crippen LogP contribution is 2.06. The lowest BCUT2D eigenvalue weighted by molar-refractivity contribution is -0.118. The molecule has 0 saturated carbocycles. The second kappa shape index (κ2) is 5.40. The van der Waals surface area contributed by atoms with Crippen molar-refractivity contribution in [3.05, 3.63) is 30.3 Å². The third-order valence-electron chi connectivity index (χ3n) is 1.95. The van der Waals surface area contributed by atoms with Crippen molar-refractivity contribution in [3.8, 4) is 0 Å². The number of rotatable bonds is 4. The lowest BCUT2D eigenvalue weighted by Gasteiger charge is -2.08. The second-order valence-corrected chi connectivity index (χ2v) is 3.18. The average Bonchev–Trinajstić information content (AvgIpc) is 2.19. The van der Waals surface area contributed by atoms with E-state index in [1.165, 1.54) is 0 Å². The molecule has 3 heteroatoms. The number of hydrogen-bond donors (Lipinski definition) is 2. The molecule has 0 aliphatic rings. The van der Waals surface area contributed by atoms with E-state index in [0.717, 1.165) is 5.69 Å². The Labute approximate surface area is 83.8 Å². The summed E-state index contributed by atoms with van der Waals surface area (Å²) in [5.74, 6) is -0.148. The standard InChI is InChI=1S/C11H15NO2/c1-2-10(13)8-11(14)12-9-6-4-3-5-7-9/h3-7,10,13H,2,8H2,1H3,(H,12,14)/t10-/m1/s1. The molecule has 0 spiro atoms. The summed E-state index contributed by atoms with van der Waals surface area (Å²) < 4.78 is 0. The quantitative estimate of drug-likeness (QED) is 0.765. The van der Waals surface area contributed by atoms with E-state index in [-0.39, 0.29) is 12.3 Å². The van der Waals surface area contributed by atoms with Crippen LogP contribution in [0.2, 0.25) is 0 Å². The van der Waals surface area contributed by atoms with Crippen molar-refractivity contribution in [2.45, 2.75) is 25.9 Å². The number of nitrogens with one attached hydrogen (secondary N) is 1. The number of aliphatic hydroxyl groups is 1. The van der Waals surface area contributed by atoms with Crippen LogP contribution >= 0.6 is 0 Å². The summed E-state index contributed by atoms with van der Waals surface area (Å²) in [6.07, 6.45) is 0.215. The number of hydrogen-bond acceptors (Lipinski definition) is 2. The van der Waals surface area contributed by atoms with Crippen LogP contribution in [-0.4, -0.2) is 17.1 Å². The van der Waals surface area contributed by atoms with E-state index in [1.54, 1.807) is 0 Å². The number of aliphatic hydroxyl groups excluding tert-OH is 1. The number of amides is 1. The van der Waals surface area contributed by atoms with Crippen LogP contribution in [0.25, 0.3) is 0 Å². The normalized spacial score (nSPS) is 12.1. The number of para-hydroxylation sites is 1. The highest BCUT2D eigenvalue weighted by molar-refractivity contribution is 5.90. The van der Waals surface area contributed by atoms with Gasteiger partial charge in [-0.1, -0.05) is 25.1 Å². The monoisotopic (exact) mass is 193 g/mol. The van der Waals surface area contributed by atoms with Gasteiger partial charge >= 0.3 is 0 Å². The Kier molecular flexibility index (Phi) is 4.13. The van der Waals surface area contributed by atoms with Gasteiger partial charge in [-0.25, -0.2) is 0 Å². The minimum atomic E-state index is -0.543. The summed E-state index contributed by atoms with van der Waals surface area (Å²) in [7, 11) is 0. The molecule has 14 heavy (non-hydrogen) atoms. The predicted molar refractivity (Wildman–Crippen MR) is 56.0 cm³/mol. The molecule has 0 fully saturated rings. The molecule has 0 heterocycles. The van der Waals surface area contributed by atoms with Gasteiger partial charge in [0, 0.05) is 5.69 Å². The summed E-state index contributed by atoms with van der Waals surface area (Å²) in [5, 5.41) is 12.0. The van der Waals surface area contributed by atoms with E-state index in [1.807, 2.05) is 37.3 Å². The lowest BCUT2D eigenvalue weighted by atomic mass is 10.2. The largest absolute Gasteiger partial charge is 0.393 e. The summed E-state index contributed by atoms with van der Waals surface area (Å²) in [4.78, 5) is 11.3. The first kappa shape index (κ1) is 10.7. The van der Waals surface area contributed by atoms with Gasteiger partial charge in [-0.3, -0.25) is 4.79 Å². The van der Waals surface area contributed by atoms with Gasteiger partial charge in [0.05, 0.1) is 12.5 Å². The fourth-order valence-electron chi connectivity index (χ4n) is 1.09. The van der Waals surface area contributed by atoms with Gasteiger partial charge in [-0.05, 0) is 18.6 Å². The van der Waals surface area contributed by atoms with Crippen LogP contribution in [0.1, 0.15) is 19.8 Å². The van der Waals surface area contributed by atoms with E-state index < -0.39 is 6.10 Å². The van der Waals surface area contributed by atoms with Gasteiger partial charge in [0.2, 0.25) is 5.91 Å². The van der Waals surface area contributed by atoms with E-state index in [2.05, 4.69) is 5.32 Å². The Hall–Kier alpha value is -1.35. The Balaban J connectivity index is 2.42. The first-order valence-electron chi connectivity index (χ1n) is 4.75. The van der Waals surface area contributed by atoms with Crippen LogP contribution in [0.15, 0.2) is 30.3 Å². The zero-order valence-corrected chi connectivity index (χ0v) is 8.23. The Morgan fingerprint density at radius 2 is 2.07 bits per heavy atom. The molecule has 1 amide bonds. The Morgan fingerprint density at radius 1 is 1.43 bits per heavy atom. The molecule has 1 aromatic rings. The molecule has 0 bridgehead atoms. The van der Waals surface area contributed by atoms with Gasteiger partial charge in [0.25, 0.3) is 0 Å². The Bertz CT molecular complexity index is 285. The number of carbonyl (C=O) groups excluding carboxylic acids is 1. The summed E-state index contributed by atoms with van der Waals surface area (Å²) in [5.41, 5.74) is 0.765. The van der Waals surface area contributed by atoms with Crippen molar-refractivity contribution in [3.63, 3.8) is 0 Å². The smallest absolute Gasteiger partial charge is 0.226 e. The van der Waals surface area contributed by atoms with Crippen molar-refractivity contribution < 1.29 is 9.90 Å². The van der Waals surface area contributed by atoms with Crippen LogP contribution in [-0.2, 0) is 4.79 Å². The number of anilines is 1.